The average Bonchev–Trinajstić information content (AvgIpc) is 2.73. The van der Waals surface area contributed by atoms with Gasteiger partial charge in [0.05, 0.1) is 12.2 Å². The lowest BCUT2D eigenvalue weighted by atomic mass is 10.0. The largest absolute Gasteiger partial charge is 0.493 e. The standard InChI is InChI=1S/C23H18N2O4/c1-2-29-21-12-9-15-5-3-4-6-19(15)20(21)13-17(14-24)22(26)25-18-10-7-16(8-11-18)23(27)28/h3-13H,2H2,1H3,(H,25,26)(H,27,28)/b17-13+. The number of ether oxygens (including phenoxy) is 1. The van der Waals surface area contributed by atoms with Crippen molar-refractivity contribution < 1.29 is 19.4 Å². The third-order valence-electron chi connectivity index (χ3n) is 4.27. The minimum atomic E-state index is -1.06. The van der Waals surface area contributed by atoms with Crippen LogP contribution in [-0.2, 0) is 4.79 Å². The lowest BCUT2D eigenvalue weighted by Crippen LogP contribution is -2.13. The molecule has 0 atom stereocenters. The number of amides is 1. The second kappa shape index (κ2) is 8.72. The first-order valence-electron chi connectivity index (χ1n) is 8.94. The van der Waals surface area contributed by atoms with Gasteiger partial charge in [0.25, 0.3) is 5.91 Å². The van der Waals surface area contributed by atoms with Gasteiger partial charge in [-0.15, -0.1) is 0 Å². The number of nitrogens with zero attached hydrogens (tertiary/aromatic N) is 1. The summed E-state index contributed by atoms with van der Waals surface area (Å²) in [6.07, 6.45) is 1.51. The van der Waals surface area contributed by atoms with E-state index in [1.807, 2.05) is 49.4 Å². The van der Waals surface area contributed by atoms with Crippen molar-refractivity contribution in [2.24, 2.45) is 0 Å². The molecule has 3 rings (SSSR count). The van der Waals surface area contributed by atoms with Crippen molar-refractivity contribution in [2.45, 2.75) is 6.92 Å². The van der Waals surface area contributed by atoms with Crippen LogP contribution in [0.15, 0.2) is 66.2 Å². The van der Waals surface area contributed by atoms with Gasteiger partial charge in [0, 0.05) is 11.3 Å². The first kappa shape index (κ1) is 19.6. The highest BCUT2D eigenvalue weighted by Gasteiger charge is 2.14. The lowest BCUT2D eigenvalue weighted by molar-refractivity contribution is -0.112. The third-order valence-corrected chi connectivity index (χ3v) is 4.27. The fourth-order valence-corrected chi connectivity index (χ4v) is 2.89. The fourth-order valence-electron chi connectivity index (χ4n) is 2.89. The van der Waals surface area contributed by atoms with Crippen LogP contribution in [0.1, 0.15) is 22.8 Å². The summed E-state index contributed by atoms with van der Waals surface area (Å²) in [6.45, 7) is 2.31. The summed E-state index contributed by atoms with van der Waals surface area (Å²) in [4.78, 5) is 23.5. The highest BCUT2D eigenvalue weighted by atomic mass is 16.5. The zero-order chi connectivity index (χ0) is 20.8. The summed E-state index contributed by atoms with van der Waals surface area (Å²) in [7, 11) is 0. The van der Waals surface area contributed by atoms with E-state index in [0.29, 0.717) is 23.6 Å². The van der Waals surface area contributed by atoms with Crippen LogP contribution in [0, 0.1) is 11.3 Å². The summed E-state index contributed by atoms with van der Waals surface area (Å²) < 4.78 is 5.68. The zero-order valence-electron chi connectivity index (χ0n) is 15.7. The van der Waals surface area contributed by atoms with Crippen LogP contribution in [0.2, 0.25) is 0 Å². The summed E-state index contributed by atoms with van der Waals surface area (Å²) in [5, 5.41) is 22.9. The Morgan fingerprint density at radius 3 is 2.48 bits per heavy atom. The molecule has 3 aromatic carbocycles. The Hall–Kier alpha value is -4.11. The van der Waals surface area contributed by atoms with E-state index in [1.165, 1.54) is 30.3 Å². The van der Waals surface area contributed by atoms with Crippen molar-refractivity contribution in [3.63, 3.8) is 0 Å². The maximum Gasteiger partial charge on any atom is 0.335 e. The van der Waals surface area contributed by atoms with Crippen molar-refractivity contribution in [1.82, 2.24) is 0 Å². The molecule has 0 aromatic heterocycles. The van der Waals surface area contributed by atoms with Crippen molar-refractivity contribution in [2.75, 3.05) is 11.9 Å². The quantitative estimate of drug-likeness (QED) is 0.481. The smallest absolute Gasteiger partial charge is 0.335 e. The molecule has 0 radical (unpaired) electrons. The van der Waals surface area contributed by atoms with Crippen LogP contribution >= 0.6 is 0 Å². The topological polar surface area (TPSA) is 99.4 Å². The van der Waals surface area contributed by atoms with Crippen LogP contribution in [0.5, 0.6) is 5.75 Å². The number of carbonyl (C=O) groups excluding carboxylic acids is 1. The lowest BCUT2D eigenvalue weighted by Gasteiger charge is -2.11. The fraction of sp³-hybridized carbons (Fsp3) is 0.0870. The van der Waals surface area contributed by atoms with Gasteiger partial charge < -0.3 is 15.2 Å². The Kier molecular flexibility index (Phi) is 5.91. The zero-order valence-corrected chi connectivity index (χ0v) is 15.7. The van der Waals surface area contributed by atoms with Gasteiger partial charge in [-0.3, -0.25) is 4.79 Å². The van der Waals surface area contributed by atoms with E-state index in [-0.39, 0.29) is 11.1 Å². The van der Waals surface area contributed by atoms with E-state index >= 15 is 0 Å². The Balaban J connectivity index is 1.97. The Labute approximate surface area is 167 Å². The number of rotatable bonds is 6. The maximum absolute atomic E-state index is 12.6. The number of carbonyl (C=O) groups is 2. The molecule has 6 heteroatoms. The second-order valence-electron chi connectivity index (χ2n) is 6.14. The van der Waals surface area contributed by atoms with E-state index in [9.17, 15) is 14.9 Å². The predicted molar refractivity (Wildman–Crippen MR) is 111 cm³/mol. The molecule has 0 saturated heterocycles. The number of hydrogen-bond donors (Lipinski definition) is 2. The van der Waals surface area contributed by atoms with E-state index in [1.54, 1.807) is 0 Å². The molecule has 0 aliphatic rings. The summed E-state index contributed by atoms with van der Waals surface area (Å²) in [5.74, 6) is -1.07. The monoisotopic (exact) mass is 386 g/mol. The number of fused-ring (bicyclic) bond motifs is 1. The van der Waals surface area contributed by atoms with Crippen molar-refractivity contribution in [3.05, 3.63) is 77.4 Å². The third kappa shape index (κ3) is 4.42. The maximum atomic E-state index is 12.6. The number of nitrogens with one attached hydrogen (secondary N) is 1. The number of carboxylic acid groups (broad SMARTS) is 1. The predicted octanol–water partition coefficient (Wildman–Crippen LogP) is 4.48. The highest BCUT2D eigenvalue weighted by Crippen LogP contribution is 2.30. The molecule has 0 fully saturated rings. The molecule has 0 aliphatic heterocycles. The number of carboxylic acids is 1. The molecule has 3 aromatic rings. The Morgan fingerprint density at radius 2 is 1.83 bits per heavy atom. The molecule has 144 valence electrons. The van der Waals surface area contributed by atoms with Gasteiger partial charge in [-0.05, 0) is 54.1 Å². The molecule has 0 unspecified atom stereocenters. The van der Waals surface area contributed by atoms with Gasteiger partial charge in [-0.25, -0.2) is 4.79 Å². The van der Waals surface area contributed by atoms with E-state index in [0.717, 1.165) is 10.8 Å². The van der Waals surface area contributed by atoms with Crippen LogP contribution in [0.25, 0.3) is 16.8 Å². The molecule has 6 nitrogen and oxygen atoms in total. The van der Waals surface area contributed by atoms with Crippen LogP contribution < -0.4 is 10.1 Å². The van der Waals surface area contributed by atoms with Gasteiger partial charge in [-0.2, -0.15) is 5.26 Å². The molecular formula is C23H18N2O4. The Bertz CT molecular complexity index is 1140. The molecule has 29 heavy (non-hydrogen) atoms. The number of anilines is 1. The number of nitriles is 1. The molecule has 0 spiro atoms. The van der Waals surface area contributed by atoms with Gasteiger partial charge >= 0.3 is 5.97 Å². The molecule has 0 heterocycles. The van der Waals surface area contributed by atoms with Crippen molar-refractivity contribution in [3.8, 4) is 11.8 Å². The second-order valence-corrected chi connectivity index (χ2v) is 6.14. The first-order chi connectivity index (χ1) is 14.0. The van der Waals surface area contributed by atoms with Gasteiger partial charge in [0.2, 0.25) is 0 Å². The number of benzene rings is 3. The van der Waals surface area contributed by atoms with Crippen molar-refractivity contribution >= 4 is 34.4 Å². The number of aromatic carboxylic acids is 1. The van der Waals surface area contributed by atoms with Crippen molar-refractivity contribution in [1.29, 1.82) is 5.26 Å². The van der Waals surface area contributed by atoms with Gasteiger partial charge in [0.1, 0.15) is 17.4 Å². The van der Waals surface area contributed by atoms with Crippen LogP contribution in [0.4, 0.5) is 5.69 Å². The first-order valence-corrected chi connectivity index (χ1v) is 8.94. The van der Waals surface area contributed by atoms with Crippen LogP contribution in [-0.4, -0.2) is 23.6 Å². The summed E-state index contributed by atoms with van der Waals surface area (Å²) in [6, 6.07) is 19.0. The van der Waals surface area contributed by atoms with E-state index in [2.05, 4.69) is 5.32 Å². The summed E-state index contributed by atoms with van der Waals surface area (Å²) in [5.41, 5.74) is 1.06. The van der Waals surface area contributed by atoms with E-state index in [4.69, 9.17) is 9.84 Å². The molecule has 0 aliphatic carbocycles. The summed E-state index contributed by atoms with van der Waals surface area (Å²) >= 11 is 0. The molecular weight excluding hydrogens is 368 g/mol. The van der Waals surface area contributed by atoms with E-state index < -0.39 is 11.9 Å². The average molecular weight is 386 g/mol. The molecule has 0 bridgehead atoms. The molecule has 2 N–H and O–H groups in total. The number of hydrogen-bond acceptors (Lipinski definition) is 4. The molecule has 0 saturated carbocycles. The Morgan fingerprint density at radius 1 is 1.10 bits per heavy atom. The van der Waals surface area contributed by atoms with Crippen LogP contribution in [0.3, 0.4) is 0 Å². The molecule has 1 amide bonds. The normalized spacial score (nSPS) is 11.0. The highest BCUT2D eigenvalue weighted by molar-refractivity contribution is 6.11. The minimum Gasteiger partial charge on any atom is -0.493 e. The minimum absolute atomic E-state index is 0.0929. The SMILES string of the molecule is CCOc1ccc2ccccc2c1/C=C(\C#N)C(=O)Nc1ccc(C(=O)O)cc1. The van der Waals surface area contributed by atoms with Gasteiger partial charge in [-0.1, -0.05) is 30.3 Å². The van der Waals surface area contributed by atoms with Gasteiger partial charge in [0.15, 0.2) is 0 Å².